The van der Waals surface area contributed by atoms with E-state index in [9.17, 15) is 14.0 Å². The van der Waals surface area contributed by atoms with E-state index < -0.39 is 0 Å². The number of carbonyl (C=O) groups excluding carboxylic acids is 2. The number of fused-ring (bicyclic) bond motifs is 1. The Hall–Kier alpha value is -3.45. The molecule has 2 N–H and O–H groups in total. The molecule has 0 bridgehead atoms. The Morgan fingerprint density at radius 2 is 1.83 bits per heavy atom. The van der Waals surface area contributed by atoms with Crippen molar-refractivity contribution in [1.82, 2.24) is 5.32 Å². The van der Waals surface area contributed by atoms with Crippen LogP contribution in [0.1, 0.15) is 31.4 Å². The molecular weight excluding hydrogens is 391 g/mol. The number of halogens is 1. The van der Waals surface area contributed by atoms with Crippen LogP contribution in [0.3, 0.4) is 0 Å². The van der Waals surface area contributed by atoms with Crippen molar-refractivity contribution in [2.45, 2.75) is 13.5 Å². The van der Waals surface area contributed by atoms with Crippen molar-refractivity contribution >= 4 is 38.9 Å². The first-order valence-corrected chi connectivity index (χ1v) is 9.74. The number of nitrogens with one attached hydrogen (secondary N) is 2. The van der Waals surface area contributed by atoms with Crippen LogP contribution in [0, 0.1) is 12.7 Å². The van der Waals surface area contributed by atoms with Gasteiger partial charge in [-0.05, 0) is 54.4 Å². The van der Waals surface area contributed by atoms with Crippen molar-refractivity contribution in [3.63, 3.8) is 0 Å². The van der Waals surface area contributed by atoms with Gasteiger partial charge in [-0.3, -0.25) is 9.59 Å². The number of hydrogen-bond donors (Lipinski definition) is 2. The largest absolute Gasteiger partial charge is 0.459 e. The zero-order chi connectivity index (χ0) is 20.4. The fourth-order valence-electron chi connectivity index (χ4n) is 3.04. The Morgan fingerprint density at radius 3 is 2.52 bits per heavy atom. The van der Waals surface area contributed by atoms with Crippen molar-refractivity contribution in [2.75, 3.05) is 5.32 Å². The standard InChI is InChI=1S/C22H17FN2O3S/c1-13-19-16(23)4-2-6-18(19)29-20(13)22(27)24-12-14-7-9-15(10-8-14)25-21(26)17-5-3-11-28-17/h2-11H,12H2,1H3,(H,24,27)(H,25,26). The smallest absolute Gasteiger partial charge is 0.291 e. The predicted octanol–water partition coefficient (Wildman–Crippen LogP) is 5.12. The first-order valence-electron chi connectivity index (χ1n) is 8.92. The molecule has 2 aromatic heterocycles. The van der Waals surface area contributed by atoms with Gasteiger partial charge in [0.2, 0.25) is 0 Å². The SMILES string of the molecule is Cc1c(C(=O)NCc2ccc(NC(=O)c3ccco3)cc2)sc2cccc(F)c12. The second-order valence-corrected chi connectivity index (χ2v) is 7.53. The minimum atomic E-state index is -0.330. The van der Waals surface area contributed by atoms with Crippen molar-refractivity contribution < 1.29 is 18.4 Å². The molecule has 0 saturated heterocycles. The van der Waals surface area contributed by atoms with Gasteiger partial charge in [0.1, 0.15) is 5.82 Å². The third kappa shape index (κ3) is 3.90. The van der Waals surface area contributed by atoms with Crippen LogP contribution in [0.2, 0.25) is 0 Å². The third-order valence-electron chi connectivity index (χ3n) is 4.52. The molecule has 7 heteroatoms. The highest BCUT2D eigenvalue weighted by molar-refractivity contribution is 7.21. The van der Waals surface area contributed by atoms with E-state index in [0.29, 0.717) is 28.1 Å². The summed E-state index contributed by atoms with van der Waals surface area (Å²) in [5.74, 6) is -0.652. The second-order valence-electron chi connectivity index (χ2n) is 6.48. The minimum absolute atomic E-state index is 0.233. The highest BCUT2D eigenvalue weighted by atomic mass is 32.1. The van der Waals surface area contributed by atoms with Crippen molar-refractivity contribution in [3.05, 3.63) is 88.4 Å². The number of anilines is 1. The fourth-order valence-corrected chi connectivity index (χ4v) is 4.18. The van der Waals surface area contributed by atoms with E-state index >= 15 is 0 Å². The van der Waals surface area contributed by atoms with Crippen molar-refractivity contribution in [1.29, 1.82) is 0 Å². The molecule has 0 spiro atoms. The summed E-state index contributed by atoms with van der Waals surface area (Å²) in [5, 5.41) is 6.10. The lowest BCUT2D eigenvalue weighted by atomic mass is 10.1. The summed E-state index contributed by atoms with van der Waals surface area (Å²) in [7, 11) is 0. The Bertz CT molecular complexity index is 1180. The molecule has 0 aliphatic heterocycles. The summed E-state index contributed by atoms with van der Waals surface area (Å²) in [6, 6.07) is 15.2. The van der Waals surface area contributed by atoms with E-state index in [4.69, 9.17) is 4.42 Å². The molecule has 146 valence electrons. The summed E-state index contributed by atoms with van der Waals surface area (Å²) in [4.78, 5) is 25.1. The summed E-state index contributed by atoms with van der Waals surface area (Å²) in [6.07, 6.45) is 1.44. The Kier molecular flexibility index (Phi) is 5.14. The quantitative estimate of drug-likeness (QED) is 0.481. The molecular formula is C22H17FN2O3S. The fraction of sp³-hybridized carbons (Fsp3) is 0.0909. The molecule has 0 atom stereocenters. The lowest BCUT2D eigenvalue weighted by Gasteiger charge is -2.07. The number of furan rings is 1. The van der Waals surface area contributed by atoms with Crippen molar-refractivity contribution in [3.8, 4) is 0 Å². The first kappa shape index (κ1) is 18.9. The van der Waals surface area contributed by atoms with Gasteiger partial charge in [0.25, 0.3) is 11.8 Å². The molecule has 0 aliphatic rings. The number of amides is 2. The van der Waals surface area contributed by atoms with Gasteiger partial charge in [-0.15, -0.1) is 11.3 Å². The summed E-state index contributed by atoms with van der Waals surface area (Å²) in [5.41, 5.74) is 2.15. The maximum atomic E-state index is 14.0. The molecule has 0 radical (unpaired) electrons. The molecule has 29 heavy (non-hydrogen) atoms. The maximum absolute atomic E-state index is 14.0. The van der Waals surface area contributed by atoms with E-state index in [1.165, 1.54) is 23.7 Å². The van der Waals surface area contributed by atoms with E-state index in [2.05, 4.69) is 10.6 Å². The number of hydrogen-bond acceptors (Lipinski definition) is 4. The number of rotatable bonds is 5. The van der Waals surface area contributed by atoms with Gasteiger partial charge < -0.3 is 15.1 Å². The number of aryl methyl sites for hydroxylation is 1. The van der Waals surface area contributed by atoms with Crippen LogP contribution in [-0.4, -0.2) is 11.8 Å². The minimum Gasteiger partial charge on any atom is -0.459 e. The van der Waals surface area contributed by atoms with Gasteiger partial charge in [0, 0.05) is 22.3 Å². The third-order valence-corrected chi connectivity index (χ3v) is 5.77. The molecule has 4 aromatic rings. The molecule has 2 aromatic carbocycles. The van der Waals surface area contributed by atoms with Gasteiger partial charge in [-0.25, -0.2) is 4.39 Å². The molecule has 2 amide bonds. The predicted molar refractivity (Wildman–Crippen MR) is 111 cm³/mol. The highest BCUT2D eigenvalue weighted by Gasteiger charge is 2.17. The van der Waals surface area contributed by atoms with Gasteiger partial charge >= 0.3 is 0 Å². The zero-order valence-corrected chi connectivity index (χ0v) is 16.3. The van der Waals surface area contributed by atoms with E-state index in [0.717, 1.165) is 10.3 Å². The topological polar surface area (TPSA) is 71.3 Å². The van der Waals surface area contributed by atoms with Crippen LogP contribution in [0.5, 0.6) is 0 Å². The molecule has 0 fully saturated rings. The molecule has 0 unspecified atom stereocenters. The van der Waals surface area contributed by atoms with Crippen LogP contribution in [0.15, 0.2) is 65.3 Å². The number of benzene rings is 2. The van der Waals surface area contributed by atoms with Crippen LogP contribution >= 0.6 is 11.3 Å². The average Bonchev–Trinajstić information content (AvgIpc) is 3.36. The summed E-state index contributed by atoms with van der Waals surface area (Å²) >= 11 is 1.28. The van der Waals surface area contributed by atoms with Crippen LogP contribution < -0.4 is 10.6 Å². The van der Waals surface area contributed by atoms with Gasteiger partial charge in [-0.1, -0.05) is 18.2 Å². The highest BCUT2D eigenvalue weighted by Crippen LogP contribution is 2.32. The van der Waals surface area contributed by atoms with Gasteiger partial charge in [0.15, 0.2) is 5.76 Å². The molecule has 0 saturated carbocycles. The van der Waals surface area contributed by atoms with Crippen LogP contribution in [0.25, 0.3) is 10.1 Å². The lowest BCUT2D eigenvalue weighted by Crippen LogP contribution is -2.22. The van der Waals surface area contributed by atoms with E-state index in [1.807, 2.05) is 18.2 Å². The summed E-state index contributed by atoms with van der Waals surface area (Å²) in [6.45, 7) is 2.08. The molecule has 5 nitrogen and oxygen atoms in total. The Labute approximate surface area is 170 Å². The Morgan fingerprint density at radius 1 is 1.03 bits per heavy atom. The average molecular weight is 408 g/mol. The normalized spacial score (nSPS) is 10.8. The Balaban J connectivity index is 1.40. The van der Waals surface area contributed by atoms with E-state index in [1.54, 1.807) is 37.3 Å². The number of carbonyl (C=O) groups is 2. The van der Waals surface area contributed by atoms with E-state index in [-0.39, 0.29) is 23.4 Å². The van der Waals surface area contributed by atoms with Gasteiger partial charge in [-0.2, -0.15) is 0 Å². The zero-order valence-electron chi connectivity index (χ0n) is 15.5. The molecule has 0 aliphatic carbocycles. The monoisotopic (exact) mass is 408 g/mol. The maximum Gasteiger partial charge on any atom is 0.291 e. The summed E-state index contributed by atoms with van der Waals surface area (Å²) < 4.78 is 19.8. The number of thiophene rings is 1. The van der Waals surface area contributed by atoms with Crippen molar-refractivity contribution in [2.24, 2.45) is 0 Å². The first-order chi connectivity index (χ1) is 14.0. The van der Waals surface area contributed by atoms with Crippen LogP contribution in [-0.2, 0) is 6.54 Å². The molecule has 4 rings (SSSR count). The van der Waals surface area contributed by atoms with Gasteiger partial charge in [0.05, 0.1) is 11.1 Å². The lowest BCUT2D eigenvalue weighted by molar-refractivity contribution is 0.0953. The second kappa shape index (κ2) is 7.89. The molecule has 2 heterocycles. The van der Waals surface area contributed by atoms with Crippen LogP contribution in [0.4, 0.5) is 10.1 Å².